The second kappa shape index (κ2) is 7.40. The van der Waals surface area contributed by atoms with E-state index in [1.165, 1.54) is 18.2 Å². The Morgan fingerprint density at radius 3 is 2.13 bits per heavy atom. The standard InChI is InChI=1S/C24H12Cl2O3S/c25-19-11-16-17(12-20(19)26)24(28)18(23(16)27)8-14-9-22-21(29-14)10-15(30-22)7-6-13-4-2-1-3-5-13/h1-12H/b7-6+. The number of fused-ring (bicyclic) bond motifs is 2. The number of hydrogen-bond donors (Lipinski definition) is 0. The second-order valence-electron chi connectivity index (χ2n) is 6.80. The van der Waals surface area contributed by atoms with Crippen molar-refractivity contribution in [1.29, 1.82) is 0 Å². The third-order valence-corrected chi connectivity index (χ3v) is 6.56. The Morgan fingerprint density at radius 1 is 0.833 bits per heavy atom. The van der Waals surface area contributed by atoms with E-state index in [-0.39, 0.29) is 38.3 Å². The lowest BCUT2D eigenvalue weighted by Gasteiger charge is -1.98. The lowest BCUT2D eigenvalue weighted by molar-refractivity contribution is 0.0990. The largest absolute Gasteiger partial charge is 0.456 e. The van der Waals surface area contributed by atoms with Crippen LogP contribution in [-0.2, 0) is 0 Å². The lowest BCUT2D eigenvalue weighted by atomic mass is 10.1. The summed E-state index contributed by atoms with van der Waals surface area (Å²) in [6.07, 6.45) is 5.55. The molecule has 2 aromatic heterocycles. The molecule has 1 aliphatic rings. The van der Waals surface area contributed by atoms with Crippen LogP contribution in [0.15, 0.2) is 64.6 Å². The number of thiophene rings is 1. The van der Waals surface area contributed by atoms with Gasteiger partial charge in [-0.3, -0.25) is 9.59 Å². The highest BCUT2D eigenvalue weighted by Gasteiger charge is 2.34. The van der Waals surface area contributed by atoms with Crippen molar-refractivity contribution in [1.82, 2.24) is 0 Å². The average molecular weight is 451 g/mol. The SMILES string of the molecule is O=C1C(=Cc2cc3sc(/C=C/c4ccccc4)cc3o2)C(=O)c2cc(Cl)c(Cl)cc21. The van der Waals surface area contributed by atoms with Gasteiger partial charge in [0.1, 0.15) is 11.3 Å². The Labute approximate surface area is 185 Å². The van der Waals surface area contributed by atoms with Gasteiger partial charge in [-0.05, 0) is 35.9 Å². The molecule has 2 aromatic carbocycles. The van der Waals surface area contributed by atoms with Gasteiger partial charge in [0.15, 0.2) is 11.6 Å². The third kappa shape index (κ3) is 3.33. The molecule has 0 amide bonds. The molecule has 0 spiro atoms. The van der Waals surface area contributed by atoms with Crippen molar-refractivity contribution in [3.05, 3.63) is 97.5 Å². The summed E-state index contributed by atoms with van der Waals surface area (Å²) in [6, 6.07) is 16.7. The summed E-state index contributed by atoms with van der Waals surface area (Å²) in [6.45, 7) is 0. The number of hydrogen-bond acceptors (Lipinski definition) is 4. The minimum atomic E-state index is -0.375. The Bertz CT molecular complexity index is 1320. The molecule has 0 aliphatic heterocycles. The van der Waals surface area contributed by atoms with Crippen molar-refractivity contribution in [2.45, 2.75) is 0 Å². The van der Waals surface area contributed by atoms with Crippen molar-refractivity contribution in [3.8, 4) is 0 Å². The van der Waals surface area contributed by atoms with Gasteiger partial charge >= 0.3 is 0 Å². The average Bonchev–Trinajstić information content (AvgIpc) is 3.35. The van der Waals surface area contributed by atoms with Gasteiger partial charge in [0.2, 0.25) is 0 Å². The number of carbonyl (C=O) groups is 2. The van der Waals surface area contributed by atoms with Gasteiger partial charge < -0.3 is 4.42 Å². The Balaban J connectivity index is 1.44. The molecule has 0 saturated heterocycles. The summed E-state index contributed by atoms with van der Waals surface area (Å²) in [7, 11) is 0. The lowest BCUT2D eigenvalue weighted by Crippen LogP contribution is -1.99. The van der Waals surface area contributed by atoms with Crippen LogP contribution in [0, 0.1) is 0 Å². The molecule has 0 radical (unpaired) electrons. The molecule has 5 rings (SSSR count). The van der Waals surface area contributed by atoms with Crippen LogP contribution in [0.4, 0.5) is 0 Å². The number of benzene rings is 2. The highest BCUT2D eigenvalue weighted by Crippen LogP contribution is 2.36. The maximum atomic E-state index is 12.7. The quantitative estimate of drug-likeness (QED) is 0.240. The fourth-order valence-corrected chi connectivity index (χ4v) is 4.62. The van der Waals surface area contributed by atoms with E-state index in [2.05, 4.69) is 0 Å². The molecule has 30 heavy (non-hydrogen) atoms. The molecule has 0 N–H and O–H groups in total. The summed E-state index contributed by atoms with van der Waals surface area (Å²) in [4.78, 5) is 26.4. The number of Topliss-reactive ketones (excluding diaryl/α,β-unsaturated/α-hetero) is 2. The molecule has 3 nitrogen and oxygen atoms in total. The molecule has 4 aromatic rings. The molecule has 0 fully saturated rings. The highest BCUT2D eigenvalue weighted by atomic mass is 35.5. The smallest absolute Gasteiger partial charge is 0.197 e. The van der Waals surface area contributed by atoms with E-state index in [1.807, 2.05) is 54.6 Å². The number of rotatable bonds is 3. The second-order valence-corrected chi connectivity index (χ2v) is 8.73. The number of ketones is 2. The molecule has 146 valence electrons. The van der Waals surface area contributed by atoms with E-state index in [0.717, 1.165) is 15.1 Å². The van der Waals surface area contributed by atoms with E-state index >= 15 is 0 Å². The van der Waals surface area contributed by atoms with Crippen LogP contribution in [0.25, 0.3) is 28.5 Å². The molecule has 1 aliphatic carbocycles. The van der Waals surface area contributed by atoms with Crippen LogP contribution in [0.1, 0.15) is 36.9 Å². The van der Waals surface area contributed by atoms with Crippen LogP contribution >= 0.6 is 34.5 Å². The van der Waals surface area contributed by atoms with Crippen LogP contribution in [0.3, 0.4) is 0 Å². The van der Waals surface area contributed by atoms with Gasteiger partial charge in [-0.1, -0.05) is 59.6 Å². The fraction of sp³-hybridized carbons (Fsp3) is 0. The number of carbonyl (C=O) groups excluding carboxylic acids is 2. The number of halogens is 2. The molecule has 0 bridgehead atoms. The van der Waals surface area contributed by atoms with Crippen molar-refractivity contribution in [2.75, 3.05) is 0 Å². The fourth-order valence-electron chi connectivity index (χ4n) is 3.36. The molecule has 0 atom stereocenters. The van der Waals surface area contributed by atoms with Gasteiger partial charge in [0.05, 0.1) is 20.3 Å². The van der Waals surface area contributed by atoms with Crippen molar-refractivity contribution >= 4 is 74.6 Å². The summed E-state index contributed by atoms with van der Waals surface area (Å²) < 4.78 is 6.79. The zero-order valence-electron chi connectivity index (χ0n) is 15.3. The highest BCUT2D eigenvalue weighted by molar-refractivity contribution is 7.19. The topological polar surface area (TPSA) is 47.3 Å². The van der Waals surface area contributed by atoms with Crippen molar-refractivity contribution in [3.63, 3.8) is 0 Å². The molecular weight excluding hydrogens is 439 g/mol. The van der Waals surface area contributed by atoms with Gasteiger partial charge in [-0.25, -0.2) is 0 Å². The summed E-state index contributed by atoms with van der Waals surface area (Å²) in [5.74, 6) is -0.295. The number of allylic oxidation sites excluding steroid dienone is 1. The number of furan rings is 1. The predicted octanol–water partition coefficient (Wildman–Crippen LogP) is 7.43. The zero-order chi connectivity index (χ0) is 20.8. The maximum absolute atomic E-state index is 12.7. The summed E-state index contributed by atoms with van der Waals surface area (Å²) in [5, 5.41) is 0.486. The summed E-state index contributed by atoms with van der Waals surface area (Å²) in [5.41, 5.74) is 2.41. The molecule has 6 heteroatoms. The van der Waals surface area contributed by atoms with Gasteiger partial charge in [0.25, 0.3) is 0 Å². The van der Waals surface area contributed by atoms with E-state index in [4.69, 9.17) is 27.6 Å². The van der Waals surface area contributed by atoms with E-state index in [1.54, 1.807) is 11.3 Å². The monoisotopic (exact) mass is 450 g/mol. The first-order chi connectivity index (χ1) is 14.5. The first-order valence-corrected chi connectivity index (χ1v) is 10.6. The molecule has 0 saturated carbocycles. The third-order valence-electron chi connectivity index (χ3n) is 4.81. The Hall–Kier alpha value is -2.92. The Morgan fingerprint density at radius 2 is 1.50 bits per heavy atom. The normalized spacial score (nSPS) is 13.6. The Kier molecular flexibility index (Phi) is 4.70. The van der Waals surface area contributed by atoms with Gasteiger partial charge in [-0.15, -0.1) is 11.3 Å². The van der Waals surface area contributed by atoms with E-state index in [9.17, 15) is 9.59 Å². The van der Waals surface area contributed by atoms with E-state index < -0.39 is 0 Å². The van der Waals surface area contributed by atoms with Crippen molar-refractivity contribution < 1.29 is 14.0 Å². The minimum absolute atomic E-state index is 0.0499. The van der Waals surface area contributed by atoms with Crippen LogP contribution in [0.5, 0.6) is 0 Å². The molecule has 2 heterocycles. The van der Waals surface area contributed by atoms with Crippen LogP contribution in [0.2, 0.25) is 10.0 Å². The first kappa shape index (κ1) is 19.1. The van der Waals surface area contributed by atoms with Crippen LogP contribution < -0.4 is 0 Å². The van der Waals surface area contributed by atoms with Crippen LogP contribution in [-0.4, -0.2) is 11.6 Å². The molecular formula is C24H12Cl2O3S. The molecule has 0 unspecified atom stereocenters. The van der Waals surface area contributed by atoms with E-state index in [0.29, 0.717) is 11.3 Å². The zero-order valence-corrected chi connectivity index (χ0v) is 17.6. The van der Waals surface area contributed by atoms with Crippen molar-refractivity contribution in [2.24, 2.45) is 0 Å². The maximum Gasteiger partial charge on any atom is 0.197 e. The predicted molar refractivity (Wildman–Crippen MR) is 123 cm³/mol. The minimum Gasteiger partial charge on any atom is -0.456 e. The van der Waals surface area contributed by atoms with Gasteiger partial charge in [0, 0.05) is 22.1 Å². The first-order valence-electron chi connectivity index (χ1n) is 9.06. The van der Waals surface area contributed by atoms with Gasteiger partial charge in [-0.2, -0.15) is 0 Å². The summed E-state index contributed by atoms with van der Waals surface area (Å²) >= 11 is 13.6.